The highest BCUT2D eigenvalue weighted by atomic mass is 35.5. The average molecular weight is 519 g/mol. The van der Waals surface area contributed by atoms with Crippen LogP contribution in [0, 0.1) is 5.41 Å². The van der Waals surface area contributed by atoms with Gasteiger partial charge in [-0.05, 0) is 38.3 Å². The maximum absolute atomic E-state index is 12.7. The molecule has 1 aliphatic heterocycles. The third-order valence-electron chi connectivity index (χ3n) is 5.19. The van der Waals surface area contributed by atoms with Crippen molar-refractivity contribution in [2.24, 2.45) is 5.41 Å². The Hall–Kier alpha value is -2.90. The van der Waals surface area contributed by atoms with E-state index in [0.717, 1.165) is 5.57 Å². The number of rotatable bonds is 12. The Kier molecular flexibility index (Phi) is 13.8. The molecule has 2 unspecified atom stereocenters. The molecule has 36 heavy (non-hydrogen) atoms. The topological polar surface area (TPSA) is 105 Å². The van der Waals surface area contributed by atoms with E-state index in [1.807, 2.05) is 45.9 Å². The smallest absolute Gasteiger partial charge is 0.330 e. The first-order valence-electron chi connectivity index (χ1n) is 12.0. The van der Waals surface area contributed by atoms with Crippen molar-refractivity contribution in [3.63, 3.8) is 0 Å². The molecule has 0 radical (unpaired) electrons. The fourth-order valence-electron chi connectivity index (χ4n) is 3.16. The molecule has 1 aliphatic rings. The number of hydrogen-bond acceptors (Lipinski definition) is 5. The van der Waals surface area contributed by atoms with E-state index in [0.29, 0.717) is 30.7 Å². The zero-order valence-corrected chi connectivity index (χ0v) is 22.5. The fraction of sp³-hybridized carbons (Fsp3) is 0.464. The zero-order chi connectivity index (χ0) is 27.1. The van der Waals surface area contributed by atoms with Crippen molar-refractivity contribution in [1.82, 2.24) is 10.6 Å². The van der Waals surface area contributed by atoms with Gasteiger partial charge in [-0.25, -0.2) is 4.79 Å². The molecule has 0 aromatic rings. The molecule has 7 nitrogen and oxygen atoms in total. The molecular weight excluding hydrogens is 480 g/mol. The first-order valence-corrected chi connectivity index (χ1v) is 12.4. The van der Waals surface area contributed by atoms with Crippen LogP contribution in [0.5, 0.6) is 0 Å². The van der Waals surface area contributed by atoms with Crippen LogP contribution in [0.1, 0.15) is 60.3 Å². The van der Waals surface area contributed by atoms with Gasteiger partial charge in [-0.3, -0.25) is 9.59 Å². The summed E-state index contributed by atoms with van der Waals surface area (Å²) in [5.41, 5.74) is 0.458. The lowest BCUT2D eigenvalue weighted by Crippen LogP contribution is -2.52. The van der Waals surface area contributed by atoms with E-state index in [-0.39, 0.29) is 23.9 Å². The first-order chi connectivity index (χ1) is 16.9. The second kappa shape index (κ2) is 16.0. The number of amides is 2. The molecular formula is C28H39ClN2O5. The molecule has 0 aromatic carbocycles. The Morgan fingerprint density at radius 2 is 1.89 bits per heavy atom. The van der Waals surface area contributed by atoms with Crippen molar-refractivity contribution in [1.29, 1.82) is 0 Å². The Balaban J connectivity index is 2.56. The number of carbonyl (C=O) groups is 3. The van der Waals surface area contributed by atoms with Crippen LogP contribution in [0.3, 0.4) is 0 Å². The van der Waals surface area contributed by atoms with Crippen molar-refractivity contribution in [2.75, 3.05) is 0 Å². The van der Waals surface area contributed by atoms with Gasteiger partial charge in [0.15, 0.2) is 0 Å². The minimum absolute atomic E-state index is 0.148. The third kappa shape index (κ3) is 13.9. The van der Waals surface area contributed by atoms with Crippen LogP contribution in [-0.4, -0.2) is 41.1 Å². The molecule has 0 fully saturated rings. The number of halogens is 1. The quantitative estimate of drug-likeness (QED) is 0.196. The van der Waals surface area contributed by atoms with Crippen molar-refractivity contribution in [3.05, 3.63) is 71.5 Å². The Labute approximate surface area is 219 Å². The largest absolute Gasteiger partial charge is 0.459 e. The fourth-order valence-corrected chi connectivity index (χ4v) is 3.25. The number of ether oxygens (including phenoxy) is 1. The van der Waals surface area contributed by atoms with Crippen molar-refractivity contribution in [2.45, 2.75) is 78.6 Å². The van der Waals surface area contributed by atoms with E-state index in [4.69, 9.17) is 16.3 Å². The highest BCUT2D eigenvalue weighted by Crippen LogP contribution is 2.19. The molecule has 0 bridgehead atoms. The van der Waals surface area contributed by atoms with Crippen molar-refractivity contribution in [3.8, 4) is 0 Å². The van der Waals surface area contributed by atoms with Gasteiger partial charge in [-0.15, -0.1) is 0 Å². The van der Waals surface area contributed by atoms with Crippen LogP contribution in [-0.2, 0) is 19.1 Å². The number of aliphatic hydroxyl groups excluding tert-OH is 1. The minimum atomic E-state index is -0.760. The van der Waals surface area contributed by atoms with Gasteiger partial charge in [-0.2, -0.15) is 0 Å². The van der Waals surface area contributed by atoms with Crippen LogP contribution in [0.15, 0.2) is 71.5 Å². The predicted molar refractivity (Wildman–Crippen MR) is 144 cm³/mol. The van der Waals surface area contributed by atoms with Crippen LogP contribution >= 0.6 is 11.6 Å². The van der Waals surface area contributed by atoms with Crippen molar-refractivity contribution < 1.29 is 24.2 Å². The van der Waals surface area contributed by atoms with Gasteiger partial charge < -0.3 is 20.5 Å². The average Bonchev–Trinajstić information content (AvgIpc) is 2.79. The Morgan fingerprint density at radius 3 is 2.53 bits per heavy atom. The van der Waals surface area contributed by atoms with Crippen LogP contribution in [0.25, 0.3) is 0 Å². The molecule has 3 N–H and O–H groups in total. The zero-order valence-electron chi connectivity index (χ0n) is 21.8. The minimum Gasteiger partial charge on any atom is -0.459 e. The molecule has 198 valence electrons. The molecule has 0 aromatic heterocycles. The molecule has 0 spiro atoms. The van der Waals surface area contributed by atoms with Gasteiger partial charge in [0.25, 0.3) is 0 Å². The standard InChI is InChI=1S/C28H39ClN2O5/c1-20(15-18-23-12-8-14-25(34)36-23)10-6-7-13-24(33)31-26(28(3,4)5)27(35)30-19-9-11-22(32)17-16-21(2)29/h6-10,13-16,19,22-23,26,32H,11-12,17-18H2,1-5H3,(H,30,35)(H,31,33)/b10-6-,13-7-,19-9-,20-15+,21-16+/t22?,23-,26?/m0/s1. The van der Waals surface area contributed by atoms with Gasteiger partial charge in [0.05, 0.1) is 6.10 Å². The van der Waals surface area contributed by atoms with E-state index in [2.05, 4.69) is 10.6 Å². The second-order valence-electron chi connectivity index (χ2n) is 9.73. The normalized spacial score (nSPS) is 19.1. The number of esters is 1. The lowest BCUT2D eigenvalue weighted by Gasteiger charge is -2.29. The highest BCUT2D eigenvalue weighted by molar-refractivity contribution is 6.29. The van der Waals surface area contributed by atoms with Crippen LogP contribution in [0.4, 0.5) is 0 Å². The Morgan fingerprint density at radius 1 is 1.19 bits per heavy atom. The molecule has 0 saturated carbocycles. The summed E-state index contributed by atoms with van der Waals surface area (Å²) in [6, 6.07) is -0.760. The number of cyclic esters (lactones) is 1. The third-order valence-corrected chi connectivity index (χ3v) is 5.35. The lowest BCUT2D eigenvalue weighted by atomic mass is 9.86. The summed E-state index contributed by atoms with van der Waals surface area (Å²) in [6.07, 6.45) is 18.0. The highest BCUT2D eigenvalue weighted by Gasteiger charge is 2.31. The Bertz CT molecular complexity index is 934. The van der Waals surface area contributed by atoms with Gasteiger partial charge in [0, 0.05) is 30.0 Å². The molecule has 8 heteroatoms. The summed E-state index contributed by atoms with van der Waals surface area (Å²) in [6.45, 7) is 9.26. The summed E-state index contributed by atoms with van der Waals surface area (Å²) in [7, 11) is 0. The van der Waals surface area contributed by atoms with E-state index in [9.17, 15) is 19.5 Å². The summed E-state index contributed by atoms with van der Waals surface area (Å²) < 4.78 is 5.22. The second-order valence-corrected chi connectivity index (χ2v) is 10.3. The van der Waals surface area contributed by atoms with Crippen molar-refractivity contribution >= 4 is 29.4 Å². The van der Waals surface area contributed by atoms with Gasteiger partial charge in [0.1, 0.15) is 12.1 Å². The summed E-state index contributed by atoms with van der Waals surface area (Å²) in [4.78, 5) is 36.4. The van der Waals surface area contributed by atoms with Crippen LogP contribution in [0.2, 0.25) is 0 Å². The molecule has 1 rings (SSSR count). The number of nitrogens with one attached hydrogen (secondary N) is 2. The summed E-state index contributed by atoms with van der Waals surface area (Å²) >= 11 is 5.76. The number of allylic oxidation sites excluding steroid dienone is 5. The molecule has 1 heterocycles. The summed E-state index contributed by atoms with van der Waals surface area (Å²) in [5, 5.41) is 15.9. The van der Waals surface area contributed by atoms with E-state index < -0.39 is 17.6 Å². The number of aliphatic hydroxyl groups is 1. The maximum atomic E-state index is 12.7. The van der Waals surface area contributed by atoms with Gasteiger partial charge in [-0.1, -0.05) is 80.5 Å². The summed E-state index contributed by atoms with van der Waals surface area (Å²) in [5.74, 6) is -1.05. The maximum Gasteiger partial charge on any atom is 0.330 e. The van der Waals surface area contributed by atoms with Gasteiger partial charge in [0.2, 0.25) is 11.8 Å². The van der Waals surface area contributed by atoms with E-state index >= 15 is 0 Å². The van der Waals surface area contributed by atoms with Crippen LogP contribution < -0.4 is 10.6 Å². The van der Waals surface area contributed by atoms with E-state index in [1.165, 1.54) is 18.4 Å². The predicted octanol–water partition coefficient (Wildman–Crippen LogP) is 4.75. The van der Waals surface area contributed by atoms with E-state index in [1.54, 1.807) is 31.2 Å². The van der Waals surface area contributed by atoms with Gasteiger partial charge >= 0.3 is 5.97 Å². The number of hydrogen-bond donors (Lipinski definition) is 3. The first kappa shape index (κ1) is 31.1. The lowest BCUT2D eigenvalue weighted by molar-refractivity contribution is -0.143. The molecule has 0 saturated heterocycles. The number of carbonyl (C=O) groups excluding carboxylic acids is 3. The SMILES string of the molecule is C/C(Cl)=C\CC(O)C/C=C\NC(=O)C(NC(=O)\C=C/C=C\C(C)=C\C[C@@H]1CC=CC(=O)O1)C(C)(C)C. The molecule has 3 atom stereocenters. The molecule has 0 aliphatic carbocycles. The monoisotopic (exact) mass is 518 g/mol. The molecule has 2 amide bonds.